The smallest absolute Gasteiger partial charge is 0.181 e. The molecule has 1 unspecified atom stereocenters. The second-order valence-electron chi connectivity index (χ2n) is 3.22. The average molecular weight is 190 g/mol. The Balaban J connectivity index is 2.91. The van der Waals surface area contributed by atoms with Gasteiger partial charge in [0.25, 0.3) is 0 Å². The van der Waals surface area contributed by atoms with Crippen molar-refractivity contribution in [3.63, 3.8) is 0 Å². The molecule has 2 atom stereocenters. The van der Waals surface area contributed by atoms with Crippen LogP contribution >= 0.6 is 0 Å². The van der Waals surface area contributed by atoms with Gasteiger partial charge in [0.2, 0.25) is 0 Å². The van der Waals surface area contributed by atoms with E-state index in [0.717, 1.165) is 5.56 Å². The lowest BCUT2D eigenvalue weighted by molar-refractivity contribution is 0.272. The van der Waals surface area contributed by atoms with Crippen LogP contribution < -0.4 is 10.5 Å². The van der Waals surface area contributed by atoms with E-state index >= 15 is 0 Å². The molecule has 2 N–H and O–H groups in total. The van der Waals surface area contributed by atoms with Crippen LogP contribution in [0.15, 0.2) is 24.3 Å². The van der Waals surface area contributed by atoms with E-state index in [0.29, 0.717) is 5.75 Å². The molecule has 0 saturated heterocycles. The van der Waals surface area contributed by atoms with Crippen LogP contribution in [0.3, 0.4) is 0 Å². The van der Waals surface area contributed by atoms with Gasteiger partial charge in [0.15, 0.2) is 6.10 Å². The summed E-state index contributed by atoms with van der Waals surface area (Å²) in [5, 5.41) is 8.62. The zero-order valence-electron chi connectivity index (χ0n) is 8.40. The monoisotopic (exact) mass is 190 g/mol. The SMILES string of the molecule is CC(C#N)Oc1ccccc1[C@H](C)N. The average Bonchev–Trinajstić information content (AvgIpc) is 2.18. The van der Waals surface area contributed by atoms with E-state index in [9.17, 15) is 0 Å². The Morgan fingerprint density at radius 1 is 1.36 bits per heavy atom. The van der Waals surface area contributed by atoms with Gasteiger partial charge < -0.3 is 10.5 Å². The summed E-state index contributed by atoms with van der Waals surface area (Å²) in [7, 11) is 0. The molecule has 0 fully saturated rings. The number of para-hydroxylation sites is 1. The van der Waals surface area contributed by atoms with E-state index in [1.165, 1.54) is 0 Å². The summed E-state index contributed by atoms with van der Waals surface area (Å²) in [5.74, 6) is 0.691. The summed E-state index contributed by atoms with van der Waals surface area (Å²) < 4.78 is 5.41. The number of hydrogen-bond acceptors (Lipinski definition) is 3. The highest BCUT2D eigenvalue weighted by atomic mass is 16.5. The fourth-order valence-electron chi connectivity index (χ4n) is 1.18. The predicted octanol–water partition coefficient (Wildman–Crippen LogP) is 2.00. The van der Waals surface area contributed by atoms with Crippen molar-refractivity contribution in [2.45, 2.75) is 26.0 Å². The summed E-state index contributed by atoms with van der Waals surface area (Å²) in [6.07, 6.45) is -0.449. The van der Waals surface area contributed by atoms with Crippen molar-refractivity contribution in [1.82, 2.24) is 0 Å². The van der Waals surface area contributed by atoms with Gasteiger partial charge in [-0.25, -0.2) is 0 Å². The summed E-state index contributed by atoms with van der Waals surface area (Å²) in [4.78, 5) is 0. The van der Waals surface area contributed by atoms with Crippen molar-refractivity contribution in [1.29, 1.82) is 5.26 Å². The van der Waals surface area contributed by atoms with Gasteiger partial charge in [-0.1, -0.05) is 18.2 Å². The van der Waals surface area contributed by atoms with Crippen LogP contribution in [0.2, 0.25) is 0 Å². The van der Waals surface area contributed by atoms with E-state index in [1.54, 1.807) is 6.92 Å². The molecule has 1 aromatic rings. The van der Waals surface area contributed by atoms with E-state index in [4.69, 9.17) is 15.7 Å². The minimum Gasteiger partial charge on any atom is -0.476 e. The molecule has 0 heterocycles. The molecule has 0 bridgehead atoms. The molecule has 0 spiro atoms. The van der Waals surface area contributed by atoms with Gasteiger partial charge in [-0.15, -0.1) is 0 Å². The molecule has 1 aromatic carbocycles. The van der Waals surface area contributed by atoms with Gasteiger partial charge in [0.05, 0.1) is 0 Å². The van der Waals surface area contributed by atoms with Gasteiger partial charge in [0, 0.05) is 11.6 Å². The summed E-state index contributed by atoms with van der Waals surface area (Å²) in [6.45, 7) is 3.59. The van der Waals surface area contributed by atoms with Gasteiger partial charge in [-0.05, 0) is 19.9 Å². The van der Waals surface area contributed by atoms with Crippen LogP contribution in [0.5, 0.6) is 5.75 Å². The molecule has 74 valence electrons. The van der Waals surface area contributed by atoms with E-state index < -0.39 is 6.10 Å². The van der Waals surface area contributed by atoms with Crippen LogP contribution in [0.25, 0.3) is 0 Å². The third-order valence-electron chi connectivity index (χ3n) is 1.90. The fraction of sp³-hybridized carbons (Fsp3) is 0.364. The molecule has 3 heteroatoms. The Kier molecular flexibility index (Phi) is 3.49. The molecular weight excluding hydrogens is 176 g/mol. The molecule has 14 heavy (non-hydrogen) atoms. The second kappa shape index (κ2) is 4.64. The Morgan fingerprint density at radius 2 is 2.00 bits per heavy atom. The van der Waals surface area contributed by atoms with Crippen molar-refractivity contribution in [3.8, 4) is 11.8 Å². The van der Waals surface area contributed by atoms with Gasteiger partial charge in [-0.2, -0.15) is 5.26 Å². The van der Waals surface area contributed by atoms with E-state index in [2.05, 4.69) is 0 Å². The number of benzene rings is 1. The van der Waals surface area contributed by atoms with E-state index in [1.807, 2.05) is 37.3 Å². The lowest BCUT2D eigenvalue weighted by Gasteiger charge is -2.14. The third kappa shape index (κ3) is 2.48. The van der Waals surface area contributed by atoms with Crippen LogP contribution in [0.1, 0.15) is 25.5 Å². The van der Waals surface area contributed by atoms with Crippen molar-refractivity contribution in [3.05, 3.63) is 29.8 Å². The number of rotatable bonds is 3. The highest BCUT2D eigenvalue weighted by Gasteiger charge is 2.09. The van der Waals surface area contributed by atoms with Crippen LogP contribution in [-0.4, -0.2) is 6.10 Å². The first-order valence-electron chi connectivity index (χ1n) is 4.56. The molecule has 0 aliphatic rings. The number of nitrogens with zero attached hydrogens (tertiary/aromatic N) is 1. The maximum atomic E-state index is 8.62. The lowest BCUT2D eigenvalue weighted by atomic mass is 10.1. The van der Waals surface area contributed by atoms with Gasteiger partial charge in [0.1, 0.15) is 11.8 Å². The number of hydrogen-bond donors (Lipinski definition) is 1. The van der Waals surface area contributed by atoms with Gasteiger partial charge >= 0.3 is 0 Å². The Bertz CT molecular complexity index is 341. The van der Waals surface area contributed by atoms with Gasteiger partial charge in [-0.3, -0.25) is 0 Å². The Labute approximate surface area is 84.1 Å². The first-order valence-corrected chi connectivity index (χ1v) is 4.56. The maximum absolute atomic E-state index is 8.62. The molecule has 0 aliphatic heterocycles. The quantitative estimate of drug-likeness (QED) is 0.793. The second-order valence-corrected chi connectivity index (χ2v) is 3.22. The molecule has 0 aromatic heterocycles. The largest absolute Gasteiger partial charge is 0.476 e. The summed E-state index contributed by atoms with van der Waals surface area (Å²) in [6, 6.07) is 9.43. The Hall–Kier alpha value is -1.53. The third-order valence-corrected chi connectivity index (χ3v) is 1.90. The van der Waals surface area contributed by atoms with Crippen LogP contribution in [0.4, 0.5) is 0 Å². The Morgan fingerprint density at radius 3 is 2.57 bits per heavy atom. The topological polar surface area (TPSA) is 59.0 Å². The highest BCUT2D eigenvalue weighted by Crippen LogP contribution is 2.23. The van der Waals surface area contributed by atoms with Crippen molar-refractivity contribution < 1.29 is 4.74 Å². The summed E-state index contributed by atoms with van der Waals surface area (Å²) in [5.41, 5.74) is 6.69. The van der Waals surface area contributed by atoms with Crippen molar-refractivity contribution in [2.24, 2.45) is 5.73 Å². The molecule has 0 amide bonds. The molecule has 0 radical (unpaired) electrons. The molecule has 0 aliphatic carbocycles. The standard InChI is InChI=1S/C11H14N2O/c1-8(7-12)14-11-6-4-3-5-10(11)9(2)13/h3-6,8-9H,13H2,1-2H3/t8?,9-/m0/s1. The fourth-order valence-corrected chi connectivity index (χ4v) is 1.18. The normalized spacial score (nSPS) is 14.1. The molecule has 3 nitrogen and oxygen atoms in total. The number of nitriles is 1. The zero-order chi connectivity index (χ0) is 10.6. The predicted molar refractivity (Wildman–Crippen MR) is 54.7 cm³/mol. The first-order chi connectivity index (χ1) is 6.65. The minimum absolute atomic E-state index is 0.0860. The first kappa shape index (κ1) is 10.6. The van der Waals surface area contributed by atoms with Crippen molar-refractivity contribution in [2.75, 3.05) is 0 Å². The number of ether oxygens (including phenoxy) is 1. The highest BCUT2D eigenvalue weighted by molar-refractivity contribution is 5.35. The molecule has 1 rings (SSSR count). The minimum atomic E-state index is -0.449. The van der Waals surface area contributed by atoms with E-state index in [-0.39, 0.29) is 6.04 Å². The van der Waals surface area contributed by atoms with Crippen molar-refractivity contribution >= 4 is 0 Å². The van der Waals surface area contributed by atoms with Crippen LogP contribution in [0, 0.1) is 11.3 Å². The molecule has 0 saturated carbocycles. The van der Waals surface area contributed by atoms with Crippen LogP contribution in [-0.2, 0) is 0 Å². The molecular formula is C11H14N2O. The lowest BCUT2D eigenvalue weighted by Crippen LogP contribution is -2.13. The maximum Gasteiger partial charge on any atom is 0.181 e. The summed E-state index contributed by atoms with van der Waals surface area (Å²) >= 11 is 0. The number of nitrogens with two attached hydrogens (primary N) is 1. The zero-order valence-corrected chi connectivity index (χ0v) is 8.40.